The van der Waals surface area contributed by atoms with Crippen LogP contribution in [0.5, 0.6) is 5.75 Å². The first-order valence-corrected chi connectivity index (χ1v) is 12.5. The Morgan fingerprint density at radius 2 is 1.61 bits per heavy atom. The molecule has 0 spiro atoms. The van der Waals surface area contributed by atoms with Crippen molar-refractivity contribution in [3.63, 3.8) is 0 Å². The zero-order chi connectivity index (χ0) is 23.9. The molecule has 2 rings (SSSR count). The van der Waals surface area contributed by atoms with Gasteiger partial charge < -0.3 is 19.7 Å². The summed E-state index contributed by atoms with van der Waals surface area (Å²) in [6, 6.07) is 6.03. The van der Waals surface area contributed by atoms with Crippen LogP contribution in [0.3, 0.4) is 0 Å². The summed E-state index contributed by atoms with van der Waals surface area (Å²) in [7, 11) is 0. The Labute approximate surface area is 198 Å². The molecule has 7 heteroatoms. The smallest absolute Gasteiger partial charge is 0.308 e. The normalized spacial score (nSPS) is 15.8. The molecule has 184 valence electrons. The van der Waals surface area contributed by atoms with Crippen LogP contribution in [0.2, 0.25) is 0 Å². The second kappa shape index (κ2) is 15.3. The molecule has 1 aromatic rings. The molecule has 0 aromatic heterocycles. The second-order valence-electron chi connectivity index (χ2n) is 8.58. The number of nitrogens with one attached hydrogen (secondary N) is 1. The lowest BCUT2D eigenvalue weighted by Crippen LogP contribution is -2.57. The van der Waals surface area contributed by atoms with Gasteiger partial charge in [0.1, 0.15) is 11.8 Å². The van der Waals surface area contributed by atoms with Crippen molar-refractivity contribution in [2.75, 3.05) is 26.3 Å². The molecule has 0 aliphatic carbocycles. The second-order valence-corrected chi connectivity index (χ2v) is 8.58. The SMILES string of the molecule is CCCCCCCCCCOC(=O)CC1C(=O)NCCN1C(=O)c1ccc(OCCC)cc1. The summed E-state index contributed by atoms with van der Waals surface area (Å²) in [6.45, 7) is 5.93. The van der Waals surface area contributed by atoms with Gasteiger partial charge in [0.05, 0.1) is 19.6 Å². The lowest BCUT2D eigenvalue weighted by Gasteiger charge is -2.34. The van der Waals surface area contributed by atoms with Gasteiger partial charge >= 0.3 is 5.97 Å². The van der Waals surface area contributed by atoms with Gasteiger partial charge in [0.2, 0.25) is 5.91 Å². The Balaban J connectivity index is 1.79. The number of nitrogens with zero attached hydrogens (tertiary/aromatic N) is 1. The lowest BCUT2D eigenvalue weighted by atomic mass is 10.1. The van der Waals surface area contributed by atoms with E-state index in [1.54, 1.807) is 24.3 Å². The number of rotatable bonds is 15. The number of piperazine rings is 1. The van der Waals surface area contributed by atoms with Crippen molar-refractivity contribution >= 4 is 17.8 Å². The highest BCUT2D eigenvalue weighted by Crippen LogP contribution is 2.18. The highest BCUT2D eigenvalue weighted by Gasteiger charge is 2.35. The molecule has 0 bridgehead atoms. The predicted molar refractivity (Wildman–Crippen MR) is 128 cm³/mol. The topological polar surface area (TPSA) is 84.9 Å². The lowest BCUT2D eigenvalue weighted by molar-refractivity contribution is -0.147. The fraction of sp³-hybridized carbons (Fsp3) is 0.654. The maximum absolute atomic E-state index is 13.0. The van der Waals surface area contributed by atoms with Gasteiger partial charge in [0, 0.05) is 18.7 Å². The van der Waals surface area contributed by atoms with Crippen LogP contribution in [0.1, 0.15) is 88.4 Å². The Morgan fingerprint density at radius 3 is 2.27 bits per heavy atom. The first kappa shape index (κ1) is 26.7. The zero-order valence-electron chi connectivity index (χ0n) is 20.3. The molecule has 1 unspecified atom stereocenters. The maximum atomic E-state index is 13.0. The first-order chi connectivity index (χ1) is 16.1. The molecule has 33 heavy (non-hydrogen) atoms. The van der Waals surface area contributed by atoms with E-state index >= 15 is 0 Å². The molecular weight excluding hydrogens is 420 g/mol. The number of carbonyl (C=O) groups is 3. The third-order valence-electron chi connectivity index (χ3n) is 5.79. The molecule has 0 saturated carbocycles. The Kier molecular flexibility index (Phi) is 12.4. The van der Waals surface area contributed by atoms with Crippen LogP contribution in [0.4, 0.5) is 0 Å². The Morgan fingerprint density at radius 1 is 0.939 bits per heavy atom. The molecule has 1 aliphatic heterocycles. The van der Waals surface area contributed by atoms with Gasteiger partial charge in [-0.25, -0.2) is 0 Å². The van der Waals surface area contributed by atoms with Gasteiger partial charge in [-0.3, -0.25) is 14.4 Å². The van der Waals surface area contributed by atoms with E-state index in [2.05, 4.69) is 12.2 Å². The molecule has 1 fully saturated rings. The third kappa shape index (κ3) is 9.44. The minimum absolute atomic E-state index is 0.133. The van der Waals surface area contributed by atoms with Gasteiger partial charge in [-0.1, -0.05) is 58.8 Å². The van der Waals surface area contributed by atoms with Crippen molar-refractivity contribution in [2.45, 2.75) is 84.1 Å². The Bertz CT molecular complexity index is 735. The summed E-state index contributed by atoms with van der Waals surface area (Å²) in [5.74, 6) is -0.332. The molecule has 1 heterocycles. The monoisotopic (exact) mass is 460 g/mol. The summed E-state index contributed by atoms with van der Waals surface area (Å²) in [5.41, 5.74) is 0.464. The molecule has 1 saturated heterocycles. The predicted octanol–water partition coefficient (Wildman–Crippen LogP) is 4.49. The first-order valence-electron chi connectivity index (χ1n) is 12.5. The van der Waals surface area contributed by atoms with E-state index in [1.807, 2.05) is 6.92 Å². The summed E-state index contributed by atoms with van der Waals surface area (Å²) in [5, 5.41) is 2.75. The average molecular weight is 461 g/mol. The van der Waals surface area contributed by atoms with E-state index in [4.69, 9.17) is 9.47 Å². The van der Waals surface area contributed by atoms with E-state index in [1.165, 1.54) is 37.0 Å². The van der Waals surface area contributed by atoms with E-state index in [0.29, 0.717) is 37.6 Å². The standard InChI is InChI=1S/C26H40N2O5/c1-3-5-6-7-8-9-10-11-19-33-24(29)20-23-25(30)27-16-17-28(23)26(31)21-12-14-22(15-13-21)32-18-4-2/h12-15,23H,3-11,16-20H2,1-2H3,(H,27,30). The number of hydrogen-bond donors (Lipinski definition) is 1. The average Bonchev–Trinajstić information content (AvgIpc) is 2.83. The quantitative estimate of drug-likeness (QED) is 0.308. The molecule has 1 atom stereocenters. The molecule has 1 aromatic carbocycles. The number of hydrogen-bond acceptors (Lipinski definition) is 5. The van der Waals surface area contributed by atoms with Gasteiger partial charge in [-0.05, 0) is 37.1 Å². The van der Waals surface area contributed by atoms with Crippen molar-refractivity contribution in [3.05, 3.63) is 29.8 Å². The van der Waals surface area contributed by atoms with E-state index in [9.17, 15) is 14.4 Å². The van der Waals surface area contributed by atoms with E-state index in [-0.39, 0.29) is 18.2 Å². The van der Waals surface area contributed by atoms with Gasteiger partial charge in [-0.2, -0.15) is 0 Å². The number of esters is 1. The van der Waals surface area contributed by atoms with Crippen LogP contribution >= 0.6 is 0 Å². The molecule has 0 radical (unpaired) electrons. The summed E-state index contributed by atoms with van der Waals surface area (Å²) in [6.07, 6.45) is 10.1. The van der Waals surface area contributed by atoms with Crippen molar-refractivity contribution in [1.29, 1.82) is 0 Å². The summed E-state index contributed by atoms with van der Waals surface area (Å²) in [4.78, 5) is 39.3. The zero-order valence-corrected chi connectivity index (χ0v) is 20.3. The fourth-order valence-corrected chi connectivity index (χ4v) is 3.88. The largest absolute Gasteiger partial charge is 0.494 e. The number of ether oxygens (including phenoxy) is 2. The van der Waals surface area contributed by atoms with Crippen molar-refractivity contribution in [3.8, 4) is 5.75 Å². The third-order valence-corrected chi connectivity index (χ3v) is 5.79. The number of amides is 2. The summed E-state index contributed by atoms with van der Waals surface area (Å²) < 4.78 is 10.9. The maximum Gasteiger partial charge on any atom is 0.308 e. The number of benzene rings is 1. The van der Waals surface area contributed by atoms with Gasteiger partial charge in [0.15, 0.2) is 0 Å². The molecule has 7 nitrogen and oxygen atoms in total. The Hall–Kier alpha value is -2.57. The van der Waals surface area contributed by atoms with Crippen LogP contribution < -0.4 is 10.1 Å². The molecule has 1 N–H and O–H groups in total. The minimum Gasteiger partial charge on any atom is -0.494 e. The molecule has 1 aliphatic rings. The van der Waals surface area contributed by atoms with Gasteiger partial charge in [-0.15, -0.1) is 0 Å². The van der Waals surface area contributed by atoms with Crippen LogP contribution in [-0.4, -0.2) is 55.0 Å². The number of carbonyl (C=O) groups excluding carboxylic acids is 3. The minimum atomic E-state index is -0.853. The number of unbranched alkanes of at least 4 members (excludes halogenated alkanes) is 7. The highest BCUT2D eigenvalue weighted by atomic mass is 16.5. The van der Waals surface area contributed by atoms with Crippen LogP contribution in [-0.2, 0) is 14.3 Å². The fourth-order valence-electron chi connectivity index (χ4n) is 3.88. The van der Waals surface area contributed by atoms with Crippen molar-refractivity contribution < 1.29 is 23.9 Å². The van der Waals surface area contributed by atoms with E-state index in [0.717, 1.165) is 25.7 Å². The van der Waals surface area contributed by atoms with E-state index < -0.39 is 12.0 Å². The van der Waals surface area contributed by atoms with Crippen LogP contribution in [0.15, 0.2) is 24.3 Å². The van der Waals surface area contributed by atoms with Gasteiger partial charge in [0.25, 0.3) is 5.91 Å². The molecular formula is C26H40N2O5. The summed E-state index contributed by atoms with van der Waals surface area (Å²) >= 11 is 0. The van der Waals surface area contributed by atoms with Crippen molar-refractivity contribution in [2.24, 2.45) is 0 Å². The molecule has 2 amide bonds. The van der Waals surface area contributed by atoms with Crippen molar-refractivity contribution in [1.82, 2.24) is 10.2 Å². The van der Waals surface area contributed by atoms with Crippen LogP contribution in [0, 0.1) is 0 Å². The highest BCUT2D eigenvalue weighted by molar-refractivity contribution is 5.99. The van der Waals surface area contributed by atoms with Crippen LogP contribution in [0.25, 0.3) is 0 Å².